The molecule has 10 nitrogen and oxygen atoms in total. The van der Waals surface area contributed by atoms with Crippen LogP contribution >= 0.6 is 0 Å². The van der Waals surface area contributed by atoms with Crippen molar-refractivity contribution in [3.05, 3.63) is 65.4 Å². The normalized spacial score (nSPS) is 13.0. The first-order valence-electron chi connectivity index (χ1n) is 10.4. The van der Waals surface area contributed by atoms with Gasteiger partial charge in [-0.1, -0.05) is 48.5 Å². The number of benzene rings is 2. The molecule has 0 aliphatic heterocycles. The number of ether oxygens (including phenoxy) is 1. The zero-order valence-electron chi connectivity index (χ0n) is 17.8. The largest absolute Gasteiger partial charge is 0.481 e. The molecule has 0 saturated heterocycles. The second-order valence-electron chi connectivity index (χ2n) is 7.72. The molecule has 4 rings (SSSR count). The van der Waals surface area contributed by atoms with Crippen molar-refractivity contribution in [3.8, 4) is 11.1 Å². The number of carbonyl (C=O) groups is 3. The molecule has 1 heterocycles. The Balaban J connectivity index is 1.38. The molecule has 2 aromatic carbocycles. The number of carbonyl (C=O) groups excluding carboxylic acids is 2. The number of fused-ring (bicyclic) bond motifs is 3. The van der Waals surface area contributed by atoms with E-state index < -0.39 is 24.0 Å². The number of aliphatic carboxylic acids is 1. The lowest BCUT2D eigenvalue weighted by molar-refractivity contribution is -0.137. The van der Waals surface area contributed by atoms with Crippen molar-refractivity contribution in [1.29, 1.82) is 0 Å². The number of carboxylic acids is 1. The van der Waals surface area contributed by atoms with Crippen molar-refractivity contribution < 1.29 is 28.9 Å². The molecule has 1 aliphatic carbocycles. The van der Waals surface area contributed by atoms with Crippen molar-refractivity contribution in [2.75, 3.05) is 11.9 Å². The van der Waals surface area contributed by atoms with Crippen LogP contribution in [0.25, 0.3) is 11.1 Å². The zero-order chi connectivity index (χ0) is 23.4. The van der Waals surface area contributed by atoms with E-state index in [-0.39, 0.29) is 36.9 Å². The van der Waals surface area contributed by atoms with Crippen LogP contribution in [0.15, 0.2) is 53.2 Å². The number of nitrogens with zero attached hydrogens (tertiary/aromatic N) is 2. The van der Waals surface area contributed by atoms with Crippen LogP contribution in [0.1, 0.15) is 47.3 Å². The van der Waals surface area contributed by atoms with Gasteiger partial charge in [0.2, 0.25) is 11.5 Å². The summed E-state index contributed by atoms with van der Waals surface area (Å²) in [5, 5.41) is 20.8. The van der Waals surface area contributed by atoms with Gasteiger partial charge in [0, 0.05) is 18.4 Å². The average molecular weight is 450 g/mol. The summed E-state index contributed by atoms with van der Waals surface area (Å²) in [5.41, 5.74) is 4.14. The predicted molar refractivity (Wildman–Crippen MR) is 117 cm³/mol. The van der Waals surface area contributed by atoms with Crippen molar-refractivity contribution in [3.63, 3.8) is 0 Å². The van der Waals surface area contributed by atoms with Gasteiger partial charge >= 0.3 is 12.1 Å². The van der Waals surface area contributed by atoms with E-state index in [9.17, 15) is 14.4 Å². The number of carboxylic acid groups (broad SMARTS) is 1. The zero-order valence-corrected chi connectivity index (χ0v) is 17.8. The molecule has 3 aromatic rings. The number of hydrogen-bond acceptors (Lipinski definition) is 7. The van der Waals surface area contributed by atoms with Crippen molar-refractivity contribution in [1.82, 2.24) is 15.6 Å². The number of rotatable bonds is 8. The molecule has 0 fully saturated rings. The first kappa shape index (κ1) is 22.0. The Labute approximate surface area is 188 Å². The highest BCUT2D eigenvalue weighted by Crippen LogP contribution is 2.44. The maximum atomic E-state index is 12.4. The monoisotopic (exact) mass is 450 g/mol. The average Bonchev–Trinajstić information content (AvgIpc) is 3.39. The van der Waals surface area contributed by atoms with Crippen molar-refractivity contribution in [2.45, 2.75) is 31.7 Å². The Bertz CT molecular complexity index is 1150. The Morgan fingerprint density at radius 2 is 1.70 bits per heavy atom. The molecule has 2 amide bonds. The first-order chi connectivity index (χ1) is 15.9. The van der Waals surface area contributed by atoms with E-state index in [0.717, 1.165) is 22.3 Å². The summed E-state index contributed by atoms with van der Waals surface area (Å²) in [7, 11) is 0. The molecule has 0 saturated carbocycles. The molecule has 0 radical (unpaired) electrons. The second kappa shape index (κ2) is 9.51. The smallest absolute Gasteiger partial charge is 0.412 e. The van der Waals surface area contributed by atoms with Crippen LogP contribution in [-0.2, 0) is 9.53 Å². The van der Waals surface area contributed by atoms with Gasteiger partial charge in [-0.05, 0) is 45.9 Å². The van der Waals surface area contributed by atoms with Crippen LogP contribution in [-0.4, -0.2) is 46.0 Å². The lowest BCUT2D eigenvalue weighted by Gasteiger charge is -2.14. The molecule has 1 aliphatic rings. The highest BCUT2D eigenvalue weighted by atomic mass is 16.6. The fourth-order valence-electron chi connectivity index (χ4n) is 3.86. The summed E-state index contributed by atoms with van der Waals surface area (Å²) >= 11 is 0. The van der Waals surface area contributed by atoms with Crippen LogP contribution in [0.4, 0.5) is 10.6 Å². The summed E-state index contributed by atoms with van der Waals surface area (Å²) in [5.74, 6) is -1.91. The fraction of sp³-hybridized carbons (Fsp3) is 0.261. The van der Waals surface area contributed by atoms with E-state index >= 15 is 0 Å². The molecule has 0 bridgehead atoms. The maximum Gasteiger partial charge on any atom is 0.412 e. The first-order valence-corrected chi connectivity index (χ1v) is 10.4. The minimum Gasteiger partial charge on any atom is -0.481 e. The lowest BCUT2D eigenvalue weighted by Crippen LogP contribution is -2.34. The maximum absolute atomic E-state index is 12.4. The van der Waals surface area contributed by atoms with E-state index in [2.05, 4.69) is 25.6 Å². The van der Waals surface area contributed by atoms with E-state index in [4.69, 9.17) is 9.84 Å². The van der Waals surface area contributed by atoms with E-state index in [1.165, 1.54) is 0 Å². The predicted octanol–water partition coefficient (Wildman–Crippen LogP) is 3.41. The molecule has 0 spiro atoms. The highest BCUT2D eigenvalue weighted by Gasteiger charge is 2.29. The molecule has 1 aromatic heterocycles. The van der Waals surface area contributed by atoms with Gasteiger partial charge in [-0.15, -0.1) is 0 Å². The Hall–Kier alpha value is -4.21. The third-order valence-corrected chi connectivity index (χ3v) is 5.44. The molecule has 3 N–H and O–H groups in total. The van der Waals surface area contributed by atoms with Gasteiger partial charge in [0.1, 0.15) is 6.61 Å². The number of amides is 2. The topological polar surface area (TPSA) is 144 Å². The molecule has 170 valence electrons. The minimum atomic E-state index is -0.961. The van der Waals surface area contributed by atoms with Crippen molar-refractivity contribution in [2.24, 2.45) is 0 Å². The van der Waals surface area contributed by atoms with Crippen LogP contribution in [0, 0.1) is 0 Å². The Morgan fingerprint density at radius 3 is 2.33 bits per heavy atom. The third-order valence-electron chi connectivity index (χ3n) is 5.44. The number of nitrogens with one attached hydrogen (secondary N) is 2. The van der Waals surface area contributed by atoms with Gasteiger partial charge < -0.3 is 15.2 Å². The van der Waals surface area contributed by atoms with E-state index in [0.29, 0.717) is 0 Å². The summed E-state index contributed by atoms with van der Waals surface area (Å²) in [6, 6.07) is 15.5. The fourth-order valence-corrected chi connectivity index (χ4v) is 3.86. The molecular formula is C23H22N4O6. The molecule has 10 heteroatoms. The van der Waals surface area contributed by atoms with Gasteiger partial charge in [0.15, 0.2) is 0 Å². The van der Waals surface area contributed by atoms with Crippen LogP contribution in [0.3, 0.4) is 0 Å². The SMILES string of the molecule is CC(CCC(=O)O)NC(=O)c1nonc1NC(=O)OCC1c2ccccc2-c2ccccc21. The standard InChI is InChI=1S/C23H22N4O6/c1-13(10-11-19(28)29)24-22(30)20-21(27-33-26-20)25-23(31)32-12-18-16-8-4-2-6-14(16)15-7-3-5-9-17(15)18/h2-9,13,18H,10-12H2,1H3,(H,24,30)(H,28,29)(H,25,27,31). The minimum absolute atomic E-state index is 0.0939. The van der Waals surface area contributed by atoms with Gasteiger partial charge in [0.05, 0.1) is 0 Å². The van der Waals surface area contributed by atoms with Gasteiger partial charge in [0.25, 0.3) is 5.91 Å². The summed E-state index contributed by atoms with van der Waals surface area (Å²) in [6.07, 6.45) is -0.661. The molecular weight excluding hydrogens is 428 g/mol. The summed E-state index contributed by atoms with van der Waals surface area (Å²) in [4.78, 5) is 35.5. The van der Waals surface area contributed by atoms with E-state index in [1.807, 2.05) is 48.5 Å². The Morgan fingerprint density at radius 1 is 1.06 bits per heavy atom. The van der Waals surface area contributed by atoms with Crippen LogP contribution in [0.5, 0.6) is 0 Å². The van der Waals surface area contributed by atoms with Gasteiger partial charge in [-0.25, -0.2) is 9.42 Å². The third kappa shape index (κ3) is 4.84. The van der Waals surface area contributed by atoms with Crippen LogP contribution in [0.2, 0.25) is 0 Å². The van der Waals surface area contributed by atoms with Crippen molar-refractivity contribution >= 4 is 23.8 Å². The van der Waals surface area contributed by atoms with E-state index in [1.54, 1.807) is 6.92 Å². The second-order valence-corrected chi connectivity index (χ2v) is 7.72. The number of anilines is 1. The lowest BCUT2D eigenvalue weighted by atomic mass is 9.98. The van der Waals surface area contributed by atoms with Gasteiger partial charge in [-0.3, -0.25) is 14.9 Å². The van der Waals surface area contributed by atoms with Crippen LogP contribution < -0.4 is 10.6 Å². The highest BCUT2D eigenvalue weighted by molar-refractivity contribution is 5.99. The molecule has 1 atom stereocenters. The quantitative estimate of drug-likeness (QED) is 0.474. The van der Waals surface area contributed by atoms with Gasteiger partial charge in [-0.2, -0.15) is 0 Å². The Kier molecular flexibility index (Phi) is 6.34. The number of hydrogen-bond donors (Lipinski definition) is 3. The summed E-state index contributed by atoms with van der Waals surface area (Å²) in [6.45, 7) is 1.76. The number of aromatic nitrogens is 2. The summed E-state index contributed by atoms with van der Waals surface area (Å²) < 4.78 is 10.0. The molecule has 33 heavy (non-hydrogen) atoms. The molecule has 1 unspecified atom stereocenters.